The summed E-state index contributed by atoms with van der Waals surface area (Å²) in [5.41, 5.74) is 4.10. The maximum absolute atomic E-state index is 12.0. The molecule has 0 fully saturated rings. The van der Waals surface area contributed by atoms with Crippen LogP contribution < -0.4 is 15.5 Å². The number of carbonyl (C=O) groups excluding carboxylic acids is 1. The molecule has 0 saturated carbocycles. The fraction of sp³-hybridized carbons (Fsp3) is 0.176. The van der Waals surface area contributed by atoms with Crippen LogP contribution in [-0.4, -0.2) is 25.3 Å². The highest BCUT2D eigenvalue weighted by Crippen LogP contribution is 2.15. The minimum absolute atomic E-state index is 0.244. The number of nitrogens with zero attached hydrogens (tertiary/aromatic N) is 1. The SMILES string of the molecule is COc1ccccc1/C=N\NC(=O)[C@@H](C)Nc1ccc(Cl)cc1. The molecule has 0 aliphatic rings. The molecule has 23 heavy (non-hydrogen) atoms. The average molecular weight is 332 g/mol. The summed E-state index contributed by atoms with van der Waals surface area (Å²) in [6.07, 6.45) is 1.55. The molecule has 1 atom stereocenters. The van der Waals surface area contributed by atoms with E-state index in [4.69, 9.17) is 16.3 Å². The lowest BCUT2D eigenvalue weighted by Crippen LogP contribution is -2.34. The number of amides is 1. The lowest BCUT2D eigenvalue weighted by atomic mass is 10.2. The van der Waals surface area contributed by atoms with Gasteiger partial charge in [-0.1, -0.05) is 23.7 Å². The molecule has 0 spiro atoms. The van der Waals surface area contributed by atoms with Gasteiger partial charge in [0, 0.05) is 16.3 Å². The molecule has 0 aliphatic heterocycles. The Kier molecular flexibility index (Phi) is 6.00. The molecule has 0 saturated heterocycles. The Labute approximate surface area is 140 Å². The second kappa shape index (κ2) is 8.19. The van der Waals surface area contributed by atoms with Gasteiger partial charge in [-0.25, -0.2) is 5.43 Å². The fourth-order valence-electron chi connectivity index (χ4n) is 1.90. The van der Waals surface area contributed by atoms with Crippen molar-refractivity contribution in [1.82, 2.24) is 5.43 Å². The van der Waals surface area contributed by atoms with Crippen LogP contribution in [0.2, 0.25) is 5.02 Å². The normalized spacial score (nSPS) is 12.0. The van der Waals surface area contributed by atoms with E-state index in [1.165, 1.54) is 0 Å². The van der Waals surface area contributed by atoms with Gasteiger partial charge in [0.1, 0.15) is 11.8 Å². The summed E-state index contributed by atoms with van der Waals surface area (Å²) in [4.78, 5) is 12.0. The summed E-state index contributed by atoms with van der Waals surface area (Å²) >= 11 is 5.83. The Morgan fingerprint density at radius 2 is 1.91 bits per heavy atom. The predicted octanol–water partition coefficient (Wildman–Crippen LogP) is 3.30. The number of methoxy groups -OCH3 is 1. The van der Waals surface area contributed by atoms with E-state index in [9.17, 15) is 4.79 Å². The molecule has 2 aromatic carbocycles. The highest BCUT2D eigenvalue weighted by Gasteiger charge is 2.11. The van der Waals surface area contributed by atoms with Crippen LogP contribution in [0, 0.1) is 0 Å². The zero-order valence-corrected chi connectivity index (χ0v) is 13.7. The molecule has 0 aliphatic carbocycles. The van der Waals surface area contributed by atoms with Crippen LogP contribution in [0.25, 0.3) is 0 Å². The number of carbonyl (C=O) groups is 1. The van der Waals surface area contributed by atoms with Crippen molar-refractivity contribution in [3.63, 3.8) is 0 Å². The monoisotopic (exact) mass is 331 g/mol. The third kappa shape index (κ3) is 5.00. The minimum Gasteiger partial charge on any atom is -0.496 e. The van der Waals surface area contributed by atoms with Gasteiger partial charge in [-0.05, 0) is 43.3 Å². The van der Waals surface area contributed by atoms with E-state index in [-0.39, 0.29) is 5.91 Å². The molecular weight excluding hydrogens is 314 g/mol. The Morgan fingerprint density at radius 1 is 1.22 bits per heavy atom. The number of para-hydroxylation sites is 1. The highest BCUT2D eigenvalue weighted by atomic mass is 35.5. The molecule has 120 valence electrons. The largest absolute Gasteiger partial charge is 0.496 e. The highest BCUT2D eigenvalue weighted by molar-refractivity contribution is 6.30. The summed E-state index contributed by atoms with van der Waals surface area (Å²) in [5.74, 6) is 0.448. The van der Waals surface area contributed by atoms with Crippen molar-refractivity contribution in [3.05, 3.63) is 59.1 Å². The van der Waals surface area contributed by atoms with Gasteiger partial charge in [0.25, 0.3) is 5.91 Å². The third-order valence-corrected chi connectivity index (χ3v) is 3.39. The van der Waals surface area contributed by atoms with E-state index < -0.39 is 6.04 Å². The number of anilines is 1. The topological polar surface area (TPSA) is 62.7 Å². The summed E-state index contributed by atoms with van der Waals surface area (Å²) in [7, 11) is 1.59. The number of halogens is 1. The van der Waals surface area contributed by atoms with Crippen molar-refractivity contribution in [2.75, 3.05) is 12.4 Å². The van der Waals surface area contributed by atoms with Crippen molar-refractivity contribution < 1.29 is 9.53 Å². The molecule has 0 bridgehead atoms. The van der Waals surface area contributed by atoms with Crippen LogP contribution >= 0.6 is 11.6 Å². The van der Waals surface area contributed by atoms with Gasteiger partial charge in [0.2, 0.25) is 0 Å². The lowest BCUT2D eigenvalue weighted by molar-refractivity contribution is -0.121. The van der Waals surface area contributed by atoms with E-state index in [1.54, 1.807) is 32.4 Å². The van der Waals surface area contributed by atoms with Crippen molar-refractivity contribution in [2.24, 2.45) is 5.10 Å². The predicted molar refractivity (Wildman–Crippen MR) is 93.3 cm³/mol. The van der Waals surface area contributed by atoms with Crippen LogP contribution in [0.15, 0.2) is 53.6 Å². The van der Waals surface area contributed by atoms with E-state index in [0.717, 1.165) is 11.3 Å². The second-order valence-electron chi connectivity index (χ2n) is 4.85. The van der Waals surface area contributed by atoms with Gasteiger partial charge in [-0.15, -0.1) is 0 Å². The van der Waals surface area contributed by atoms with E-state index >= 15 is 0 Å². The molecule has 0 heterocycles. The van der Waals surface area contributed by atoms with Crippen molar-refractivity contribution in [1.29, 1.82) is 0 Å². The first-order valence-corrected chi connectivity index (χ1v) is 7.46. The fourth-order valence-corrected chi connectivity index (χ4v) is 2.02. The van der Waals surface area contributed by atoms with Crippen LogP contribution in [0.5, 0.6) is 5.75 Å². The molecule has 2 rings (SSSR count). The molecule has 2 N–H and O–H groups in total. The maximum atomic E-state index is 12.0. The van der Waals surface area contributed by atoms with Crippen LogP contribution in [0.1, 0.15) is 12.5 Å². The first-order valence-electron chi connectivity index (χ1n) is 7.08. The van der Waals surface area contributed by atoms with Crippen LogP contribution in [0.3, 0.4) is 0 Å². The zero-order valence-electron chi connectivity index (χ0n) is 12.9. The van der Waals surface area contributed by atoms with Gasteiger partial charge in [-0.2, -0.15) is 5.10 Å². The maximum Gasteiger partial charge on any atom is 0.262 e. The molecular formula is C17H18ClN3O2. The minimum atomic E-state index is -0.439. The molecule has 0 unspecified atom stereocenters. The first-order chi connectivity index (χ1) is 11.1. The summed E-state index contributed by atoms with van der Waals surface area (Å²) in [6.45, 7) is 1.75. The number of hydrogen-bond donors (Lipinski definition) is 2. The standard InChI is InChI=1S/C17H18ClN3O2/c1-12(20-15-9-7-14(18)8-10-15)17(22)21-19-11-13-5-3-4-6-16(13)23-2/h3-12,20H,1-2H3,(H,21,22)/b19-11-/t12-/m1/s1. The van der Waals surface area contributed by atoms with Crippen LogP contribution in [0.4, 0.5) is 5.69 Å². The number of benzene rings is 2. The number of ether oxygens (including phenoxy) is 1. The Morgan fingerprint density at radius 3 is 2.61 bits per heavy atom. The molecule has 0 radical (unpaired) electrons. The molecule has 0 aromatic heterocycles. The zero-order chi connectivity index (χ0) is 16.7. The van der Waals surface area contributed by atoms with Gasteiger partial charge >= 0.3 is 0 Å². The van der Waals surface area contributed by atoms with Gasteiger partial charge in [0.05, 0.1) is 13.3 Å². The van der Waals surface area contributed by atoms with E-state index in [2.05, 4.69) is 15.8 Å². The summed E-state index contributed by atoms with van der Waals surface area (Å²) in [5, 5.41) is 7.68. The Hall–Kier alpha value is -2.53. The Bertz CT molecular complexity index is 686. The third-order valence-electron chi connectivity index (χ3n) is 3.14. The Balaban J connectivity index is 1.90. The van der Waals surface area contributed by atoms with Crippen molar-refractivity contribution >= 4 is 29.4 Å². The number of rotatable bonds is 6. The van der Waals surface area contributed by atoms with E-state index in [0.29, 0.717) is 10.8 Å². The van der Waals surface area contributed by atoms with Crippen molar-refractivity contribution in [3.8, 4) is 5.75 Å². The van der Waals surface area contributed by atoms with Gasteiger partial charge in [0.15, 0.2) is 0 Å². The molecule has 5 nitrogen and oxygen atoms in total. The smallest absolute Gasteiger partial charge is 0.262 e. The van der Waals surface area contributed by atoms with Crippen LogP contribution in [-0.2, 0) is 4.79 Å². The molecule has 2 aromatic rings. The quantitative estimate of drug-likeness (QED) is 0.630. The van der Waals surface area contributed by atoms with Crippen molar-refractivity contribution in [2.45, 2.75) is 13.0 Å². The molecule has 6 heteroatoms. The van der Waals surface area contributed by atoms with Gasteiger partial charge < -0.3 is 10.1 Å². The first kappa shape index (κ1) is 16.8. The second-order valence-corrected chi connectivity index (χ2v) is 5.29. The number of hydrogen-bond acceptors (Lipinski definition) is 4. The average Bonchev–Trinajstić information content (AvgIpc) is 2.57. The molecule has 1 amide bonds. The van der Waals surface area contributed by atoms with Gasteiger partial charge in [-0.3, -0.25) is 4.79 Å². The lowest BCUT2D eigenvalue weighted by Gasteiger charge is -2.13. The summed E-state index contributed by atoms with van der Waals surface area (Å²) < 4.78 is 5.21. The number of nitrogens with one attached hydrogen (secondary N) is 2. The number of hydrazone groups is 1. The van der Waals surface area contributed by atoms with E-state index in [1.807, 2.05) is 36.4 Å². The summed E-state index contributed by atoms with van der Waals surface area (Å²) in [6, 6.07) is 14.1.